The molecule has 9 nitrogen and oxygen atoms in total. The predicted octanol–water partition coefficient (Wildman–Crippen LogP) is 6.97. The maximum atomic E-state index is 14.5. The fraction of sp³-hybridized carbons (Fsp3) is 0.364. The number of hydrogen-bond donors (Lipinski definition) is 2. The lowest BCUT2D eigenvalue weighted by Gasteiger charge is -2.33. The lowest BCUT2D eigenvalue weighted by Crippen LogP contribution is -2.41. The number of carbonyl (C=O) groups excluding carboxylic acids is 2. The summed E-state index contributed by atoms with van der Waals surface area (Å²) in [6.45, 7) is 6.71. The lowest BCUT2D eigenvalue weighted by atomic mass is 9.92. The number of rotatable bonds is 7. The van der Waals surface area contributed by atoms with E-state index in [1.54, 1.807) is 48.6 Å². The highest BCUT2D eigenvalue weighted by atomic mass is 19.1. The zero-order chi connectivity index (χ0) is 31.6. The molecule has 11 heteroatoms. The molecule has 1 fully saturated rings. The molecule has 1 aliphatic heterocycles. The Morgan fingerprint density at radius 2 is 1.75 bits per heavy atom. The van der Waals surface area contributed by atoms with Gasteiger partial charge in [0, 0.05) is 67.2 Å². The third-order valence-corrected chi connectivity index (χ3v) is 7.61. The van der Waals surface area contributed by atoms with E-state index in [0.717, 1.165) is 25.0 Å². The zero-order valence-corrected chi connectivity index (χ0v) is 25.2. The Labute approximate surface area is 253 Å². The molecule has 0 aliphatic carbocycles. The summed E-state index contributed by atoms with van der Waals surface area (Å²) in [7, 11) is 1.62. The number of ether oxygens (including phenoxy) is 2. The normalized spacial score (nSPS) is 14.1. The van der Waals surface area contributed by atoms with Crippen molar-refractivity contribution in [3.8, 4) is 22.6 Å². The predicted molar refractivity (Wildman–Crippen MR) is 164 cm³/mol. The number of aromatic amines is 1. The van der Waals surface area contributed by atoms with E-state index < -0.39 is 17.2 Å². The second-order valence-corrected chi connectivity index (χ2v) is 12.1. The molecule has 1 aliphatic rings. The van der Waals surface area contributed by atoms with Crippen molar-refractivity contribution in [1.29, 1.82) is 0 Å². The number of fused-ring (bicyclic) bond motifs is 1. The van der Waals surface area contributed by atoms with Crippen molar-refractivity contribution in [2.24, 2.45) is 13.0 Å². The molecular formula is C33H36F2N4O5. The summed E-state index contributed by atoms with van der Waals surface area (Å²) in [6, 6.07) is 9.76. The molecular weight excluding hydrogens is 570 g/mol. The van der Waals surface area contributed by atoms with Gasteiger partial charge in [0.1, 0.15) is 22.7 Å². The molecule has 232 valence electrons. The topological polar surface area (TPSA) is 106 Å². The Balaban J connectivity index is 1.32. The number of benzene rings is 2. The number of hydrogen-bond acceptors (Lipinski definition) is 5. The molecule has 2 amide bonds. The number of likely N-dealkylation sites (tertiary alicyclic amines) is 1. The molecule has 0 saturated carbocycles. The standard InChI is InChI=1S/C33H36F2N4O5/c1-33(2,3)44-32(42)39-15-12-20(13-16-39)5-10-29(40)37-22-7-9-27(43-28-8-6-21(34)17-26(28)35)24(18-22)25-19-38(4)31(41)30-23(25)11-14-36-30/h6-9,11,14,17-20,36H,5,10,12-13,15-16H2,1-4H3,(H,37,40). The number of aromatic nitrogens is 2. The summed E-state index contributed by atoms with van der Waals surface area (Å²) in [5, 5.41) is 3.57. The van der Waals surface area contributed by atoms with Crippen LogP contribution in [0.25, 0.3) is 22.0 Å². The van der Waals surface area contributed by atoms with E-state index in [1.165, 1.54) is 10.6 Å². The Bertz CT molecular complexity index is 1750. The Hall–Kier alpha value is -4.67. The number of halogens is 2. The number of piperidine rings is 1. The van der Waals surface area contributed by atoms with Gasteiger partial charge < -0.3 is 29.2 Å². The van der Waals surface area contributed by atoms with E-state index in [0.29, 0.717) is 59.6 Å². The first kappa shape index (κ1) is 30.8. The van der Waals surface area contributed by atoms with Crippen molar-refractivity contribution in [3.05, 3.63) is 76.8 Å². The molecule has 2 N–H and O–H groups in total. The number of H-pyrrole nitrogens is 1. The minimum atomic E-state index is -0.863. The fourth-order valence-electron chi connectivity index (χ4n) is 5.36. The van der Waals surface area contributed by atoms with Crippen molar-refractivity contribution in [2.75, 3.05) is 18.4 Å². The van der Waals surface area contributed by atoms with Crippen LogP contribution < -0.4 is 15.6 Å². The second-order valence-electron chi connectivity index (χ2n) is 12.1. The summed E-state index contributed by atoms with van der Waals surface area (Å²) >= 11 is 0. The Morgan fingerprint density at radius 3 is 2.45 bits per heavy atom. The van der Waals surface area contributed by atoms with Crippen LogP contribution in [0, 0.1) is 17.6 Å². The first-order valence-corrected chi connectivity index (χ1v) is 14.6. The molecule has 4 aromatic rings. The average Bonchev–Trinajstić information content (AvgIpc) is 3.46. The minimum Gasteiger partial charge on any atom is -0.454 e. The number of amides is 2. The first-order valence-electron chi connectivity index (χ1n) is 14.6. The van der Waals surface area contributed by atoms with Gasteiger partial charge in [-0.3, -0.25) is 9.59 Å². The van der Waals surface area contributed by atoms with Crippen LogP contribution in [0.15, 0.2) is 59.7 Å². The van der Waals surface area contributed by atoms with Crippen LogP contribution in [0.2, 0.25) is 0 Å². The molecule has 0 bridgehead atoms. The van der Waals surface area contributed by atoms with Gasteiger partial charge in [-0.25, -0.2) is 13.6 Å². The van der Waals surface area contributed by atoms with Gasteiger partial charge in [-0.1, -0.05) is 0 Å². The Kier molecular flexibility index (Phi) is 8.75. The molecule has 5 rings (SSSR count). The molecule has 0 unspecified atom stereocenters. The average molecular weight is 607 g/mol. The largest absolute Gasteiger partial charge is 0.454 e. The highest BCUT2D eigenvalue weighted by molar-refractivity contribution is 5.98. The van der Waals surface area contributed by atoms with Crippen LogP contribution in [-0.2, 0) is 16.6 Å². The number of carbonyl (C=O) groups is 2. The molecule has 44 heavy (non-hydrogen) atoms. The highest BCUT2D eigenvalue weighted by Gasteiger charge is 2.27. The number of nitrogens with one attached hydrogen (secondary N) is 2. The van der Waals surface area contributed by atoms with Gasteiger partial charge >= 0.3 is 6.09 Å². The van der Waals surface area contributed by atoms with Gasteiger partial charge in [0.2, 0.25) is 5.91 Å². The van der Waals surface area contributed by atoms with E-state index in [4.69, 9.17) is 9.47 Å². The number of anilines is 1. The van der Waals surface area contributed by atoms with Gasteiger partial charge in [0.25, 0.3) is 5.56 Å². The smallest absolute Gasteiger partial charge is 0.410 e. The molecule has 0 atom stereocenters. The molecule has 3 heterocycles. The van der Waals surface area contributed by atoms with Crippen LogP contribution >= 0.6 is 0 Å². The van der Waals surface area contributed by atoms with Crippen molar-refractivity contribution in [1.82, 2.24) is 14.5 Å². The van der Waals surface area contributed by atoms with Crippen molar-refractivity contribution in [2.45, 2.75) is 52.1 Å². The molecule has 2 aromatic carbocycles. The van der Waals surface area contributed by atoms with Crippen molar-refractivity contribution >= 4 is 28.6 Å². The highest BCUT2D eigenvalue weighted by Crippen LogP contribution is 2.39. The Morgan fingerprint density at radius 1 is 1.02 bits per heavy atom. The molecule has 1 saturated heterocycles. The van der Waals surface area contributed by atoms with Gasteiger partial charge in [-0.2, -0.15) is 0 Å². The van der Waals surface area contributed by atoms with Crippen LogP contribution in [-0.4, -0.2) is 45.1 Å². The molecule has 0 radical (unpaired) electrons. The lowest BCUT2D eigenvalue weighted by molar-refractivity contribution is -0.116. The van der Waals surface area contributed by atoms with E-state index in [9.17, 15) is 23.2 Å². The molecule has 2 aromatic heterocycles. The zero-order valence-electron chi connectivity index (χ0n) is 25.2. The first-order chi connectivity index (χ1) is 20.9. The van der Waals surface area contributed by atoms with E-state index in [-0.39, 0.29) is 29.1 Å². The summed E-state index contributed by atoms with van der Waals surface area (Å²) in [6.07, 6.45) is 5.55. The monoisotopic (exact) mass is 606 g/mol. The van der Waals surface area contributed by atoms with Crippen LogP contribution in [0.1, 0.15) is 46.5 Å². The van der Waals surface area contributed by atoms with Crippen molar-refractivity contribution < 1.29 is 27.8 Å². The van der Waals surface area contributed by atoms with Crippen molar-refractivity contribution in [3.63, 3.8) is 0 Å². The van der Waals surface area contributed by atoms with Gasteiger partial charge in [-0.05, 0) is 82.3 Å². The van der Waals surface area contributed by atoms with Gasteiger partial charge in [0.05, 0.1) is 0 Å². The number of nitrogens with zero attached hydrogens (tertiary/aromatic N) is 2. The molecule has 0 spiro atoms. The fourth-order valence-corrected chi connectivity index (χ4v) is 5.36. The maximum absolute atomic E-state index is 14.5. The summed E-state index contributed by atoms with van der Waals surface area (Å²) < 4.78 is 40.8. The van der Waals surface area contributed by atoms with Gasteiger partial charge in [0.15, 0.2) is 11.6 Å². The minimum absolute atomic E-state index is 0.169. The van der Waals surface area contributed by atoms with Crippen LogP contribution in [0.3, 0.4) is 0 Å². The summed E-state index contributed by atoms with van der Waals surface area (Å²) in [5.74, 6) is -1.37. The van der Waals surface area contributed by atoms with Crippen LogP contribution in [0.5, 0.6) is 11.5 Å². The third-order valence-electron chi connectivity index (χ3n) is 7.61. The number of pyridine rings is 1. The van der Waals surface area contributed by atoms with E-state index >= 15 is 0 Å². The maximum Gasteiger partial charge on any atom is 0.410 e. The van der Waals surface area contributed by atoms with E-state index in [2.05, 4.69) is 10.3 Å². The number of aryl methyl sites for hydroxylation is 1. The SMILES string of the molecule is Cn1cc(-c2cc(NC(=O)CCC3CCN(C(=O)OC(C)(C)C)CC3)ccc2Oc2ccc(F)cc2F)c2cc[nH]c2c1=O. The van der Waals surface area contributed by atoms with Gasteiger partial charge in [-0.15, -0.1) is 0 Å². The van der Waals surface area contributed by atoms with E-state index in [1.807, 2.05) is 20.8 Å². The van der Waals surface area contributed by atoms with Crippen LogP contribution in [0.4, 0.5) is 19.3 Å². The summed E-state index contributed by atoms with van der Waals surface area (Å²) in [5.41, 5.74) is 1.24. The summed E-state index contributed by atoms with van der Waals surface area (Å²) in [4.78, 5) is 42.7. The quantitative estimate of drug-likeness (QED) is 0.236. The second kappa shape index (κ2) is 12.5. The third kappa shape index (κ3) is 7.10.